The highest BCUT2D eigenvalue weighted by Gasteiger charge is 2.41. The third kappa shape index (κ3) is 3.61. The number of aromatic nitrogens is 2. The predicted octanol–water partition coefficient (Wildman–Crippen LogP) is 0.308. The van der Waals surface area contributed by atoms with Crippen LogP contribution < -0.4 is 5.32 Å². The molecule has 2 aliphatic rings. The van der Waals surface area contributed by atoms with Gasteiger partial charge in [-0.1, -0.05) is 5.92 Å². The lowest BCUT2D eigenvalue weighted by Crippen LogP contribution is -2.32. The van der Waals surface area contributed by atoms with Gasteiger partial charge in [0.05, 0.1) is 6.54 Å². The maximum atomic E-state index is 12.3. The largest absolute Gasteiger partial charge is 0.465 e. The fourth-order valence-corrected chi connectivity index (χ4v) is 3.76. The molecule has 0 aliphatic carbocycles. The summed E-state index contributed by atoms with van der Waals surface area (Å²) in [6.07, 6.45) is 6.27. The third-order valence-electron chi connectivity index (χ3n) is 4.95. The lowest BCUT2D eigenvalue weighted by Gasteiger charge is -2.19. The zero-order chi connectivity index (χ0) is 18.0. The summed E-state index contributed by atoms with van der Waals surface area (Å²) in [5.41, 5.74) is 1.30. The predicted molar refractivity (Wildman–Crippen MR) is 90.9 cm³/mol. The van der Waals surface area contributed by atoms with Gasteiger partial charge in [0, 0.05) is 51.0 Å². The highest BCUT2D eigenvalue weighted by molar-refractivity contribution is 5.93. The first-order valence-corrected chi connectivity index (χ1v) is 8.50. The van der Waals surface area contributed by atoms with Gasteiger partial charge in [-0.25, -0.2) is 4.79 Å². The minimum Gasteiger partial charge on any atom is -0.465 e. The van der Waals surface area contributed by atoms with Gasteiger partial charge in [0.25, 0.3) is 5.91 Å². The summed E-state index contributed by atoms with van der Waals surface area (Å²) >= 11 is 0. The van der Waals surface area contributed by atoms with Crippen molar-refractivity contribution in [2.24, 2.45) is 11.8 Å². The molecule has 0 radical (unpaired) electrons. The number of carbonyl (C=O) groups is 2. The Hall–Kier alpha value is -2.53. The van der Waals surface area contributed by atoms with Crippen molar-refractivity contribution in [3.8, 4) is 12.3 Å². The second-order valence-corrected chi connectivity index (χ2v) is 6.65. The Labute approximate surface area is 146 Å². The Morgan fingerprint density at radius 1 is 1.36 bits per heavy atom. The fraction of sp³-hybridized carbons (Fsp3) is 0.588. The second kappa shape index (κ2) is 7.15. The molecule has 0 bridgehead atoms. The van der Waals surface area contributed by atoms with Crippen LogP contribution in [0.5, 0.6) is 0 Å². The van der Waals surface area contributed by atoms with Gasteiger partial charge in [-0.2, -0.15) is 5.10 Å². The van der Waals surface area contributed by atoms with E-state index >= 15 is 0 Å². The number of likely N-dealkylation sites (tertiary alicyclic amines) is 2. The van der Waals surface area contributed by atoms with E-state index in [0.29, 0.717) is 43.7 Å². The summed E-state index contributed by atoms with van der Waals surface area (Å²) in [6.45, 7) is 6.36. The Bertz CT molecular complexity index is 694. The van der Waals surface area contributed by atoms with Gasteiger partial charge >= 0.3 is 6.09 Å². The van der Waals surface area contributed by atoms with Crippen molar-refractivity contribution < 1.29 is 14.7 Å². The van der Waals surface area contributed by atoms with Gasteiger partial charge in [-0.15, -0.1) is 6.42 Å². The van der Waals surface area contributed by atoms with Gasteiger partial charge in [-0.3, -0.25) is 14.4 Å². The van der Waals surface area contributed by atoms with E-state index in [1.807, 2.05) is 13.1 Å². The molecule has 1 aromatic rings. The van der Waals surface area contributed by atoms with E-state index in [4.69, 9.17) is 11.5 Å². The molecule has 134 valence electrons. The summed E-state index contributed by atoms with van der Waals surface area (Å²) in [5.74, 6) is 2.88. The van der Waals surface area contributed by atoms with Gasteiger partial charge in [0.2, 0.25) is 0 Å². The number of amides is 2. The van der Waals surface area contributed by atoms with Gasteiger partial charge in [0.1, 0.15) is 0 Å². The van der Waals surface area contributed by atoms with Crippen molar-refractivity contribution in [2.45, 2.75) is 20.0 Å². The quantitative estimate of drug-likeness (QED) is 0.750. The Morgan fingerprint density at radius 3 is 2.60 bits per heavy atom. The maximum absolute atomic E-state index is 12.3. The first kappa shape index (κ1) is 17.3. The van der Waals surface area contributed by atoms with Crippen LogP contribution in [0, 0.1) is 24.2 Å². The first-order chi connectivity index (χ1) is 12.0. The summed E-state index contributed by atoms with van der Waals surface area (Å²) in [7, 11) is 0. The Kier molecular flexibility index (Phi) is 4.95. The number of nitrogens with zero attached hydrogens (tertiary/aromatic N) is 4. The number of nitrogens with one attached hydrogen (secondary N) is 1. The lowest BCUT2D eigenvalue weighted by atomic mass is 10.0. The van der Waals surface area contributed by atoms with Crippen LogP contribution >= 0.6 is 0 Å². The van der Waals surface area contributed by atoms with Crippen molar-refractivity contribution in [2.75, 3.05) is 32.7 Å². The van der Waals surface area contributed by atoms with Crippen LogP contribution in [0.25, 0.3) is 0 Å². The molecule has 2 fully saturated rings. The summed E-state index contributed by atoms with van der Waals surface area (Å²) in [4.78, 5) is 27.1. The fourth-order valence-electron chi connectivity index (χ4n) is 3.76. The molecule has 2 unspecified atom stereocenters. The Balaban J connectivity index is 1.66. The Morgan fingerprint density at radius 2 is 2.04 bits per heavy atom. The number of terminal acetylenes is 1. The van der Waals surface area contributed by atoms with Crippen LogP contribution in [0.1, 0.15) is 23.0 Å². The minimum absolute atomic E-state index is 0.177. The molecule has 0 spiro atoms. The molecule has 2 atom stereocenters. The molecule has 8 heteroatoms. The normalized spacial score (nSPS) is 22.6. The molecular formula is C17H23N5O3. The number of carbonyl (C=O) groups excluding carboxylic acids is 1. The highest BCUT2D eigenvalue weighted by atomic mass is 16.4. The van der Waals surface area contributed by atoms with E-state index < -0.39 is 6.09 Å². The summed E-state index contributed by atoms with van der Waals surface area (Å²) in [5, 5.41) is 16.1. The number of hydrogen-bond donors (Lipinski definition) is 2. The zero-order valence-electron chi connectivity index (χ0n) is 14.3. The van der Waals surface area contributed by atoms with Crippen LogP contribution in [-0.2, 0) is 13.1 Å². The van der Waals surface area contributed by atoms with E-state index in [1.54, 1.807) is 4.68 Å². The van der Waals surface area contributed by atoms with Crippen molar-refractivity contribution in [3.63, 3.8) is 0 Å². The smallest absolute Gasteiger partial charge is 0.407 e. The minimum atomic E-state index is -0.836. The topological polar surface area (TPSA) is 90.7 Å². The van der Waals surface area contributed by atoms with E-state index in [-0.39, 0.29) is 12.5 Å². The van der Waals surface area contributed by atoms with E-state index in [9.17, 15) is 9.59 Å². The molecule has 3 heterocycles. The monoisotopic (exact) mass is 345 g/mol. The van der Waals surface area contributed by atoms with Crippen molar-refractivity contribution in [1.82, 2.24) is 24.9 Å². The number of hydrogen-bond acceptors (Lipinski definition) is 4. The molecule has 0 aromatic carbocycles. The molecule has 2 amide bonds. The van der Waals surface area contributed by atoms with Crippen molar-refractivity contribution >= 4 is 12.0 Å². The molecular weight excluding hydrogens is 322 g/mol. The van der Waals surface area contributed by atoms with E-state index in [2.05, 4.69) is 21.2 Å². The third-order valence-corrected chi connectivity index (χ3v) is 4.95. The number of carboxylic acid groups (broad SMARTS) is 1. The average molecular weight is 345 g/mol. The van der Waals surface area contributed by atoms with Crippen LogP contribution in [0.2, 0.25) is 0 Å². The van der Waals surface area contributed by atoms with Gasteiger partial charge < -0.3 is 15.3 Å². The molecule has 3 rings (SSSR count). The highest BCUT2D eigenvalue weighted by Crippen LogP contribution is 2.32. The molecule has 2 aliphatic heterocycles. The van der Waals surface area contributed by atoms with Crippen LogP contribution in [0.15, 0.2) is 6.20 Å². The average Bonchev–Trinajstić information content (AvgIpc) is 3.25. The van der Waals surface area contributed by atoms with Crippen LogP contribution in [0.3, 0.4) is 0 Å². The number of fused-ring (bicyclic) bond motifs is 1. The number of rotatable bonds is 5. The zero-order valence-corrected chi connectivity index (χ0v) is 14.3. The molecule has 8 nitrogen and oxygen atoms in total. The molecule has 0 saturated carbocycles. The maximum Gasteiger partial charge on any atom is 0.407 e. The summed E-state index contributed by atoms with van der Waals surface area (Å²) < 4.78 is 1.75. The molecule has 1 aromatic heterocycles. The molecule has 2 N–H and O–H groups in total. The van der Waals surface area contributed by atoms with Gasteiger partial charge in [-0.05, 0) is 18.8 Å². The lowest BCUT2D eigenvalue weighted by molar-refractivity contribution is 0.0950. The van der Waals surface area contributed by atoms with Crippen molar-refractivity contribution in [1.29, 1.82) is 0 Å². The first-order valence-electron chi connectivity index (χ1n) is 8.50. The van der Waals surface area contributed by atoms with Crippen molar-refractivity contribution in [3.05, 3.63) is 17.5 Å². The SMILES string of the molecule is C#CCNC(=O)c1nn(CC)cc1CN1CC2CN(C(=O)O)CC2C1. The van der Waals surface area contributed by atoms with Crippen LogP contribution in [0.4, 0.5) is 4.79 Å². The van der Waals surface area contributed by atoms with Crippen LogP contribution in [-0.4, -0.2) is 69.4 Å². The van der Waals surface area contributed by atoms with Gasteiger partial charge in [0.15, 0.2) is 5.69 Å². The molecule has 25 heavy (non-hydrogen) atoms. The number of aryl methyl sites for hydroxylation is 1. The second-order valence-electron chi connectivity index (χ2n) is 6.65. The standard InChI is InChI=1S/C17H23N5O3/c1-3-5-18-16(23)15-14(11-22(4-2)19-15)8-20-6-12-9-21(17(24)25)10-13(12)7-20/h1,11-13H,4-10H2,2H3,(H,18,23)(H,24,25). The van der Waals surface area contributed by atoms with E-state index in [1.165, 1.54) is 4.90 Å². The molecule has 2 saturated heterocycles. The summed E-state index contributed by atoms with van der Waals surface area (Å²) in [6, 6.07) is 0. The van der Waals surface area contributed by atoms with E-state index in [0.717, 1.165) is 18.7 Å².